The fourth-order valence-electron chi connectivity index (χ4n) is 3.35. The lowest BCUT2D eigenvalue weighted by molar-refractivity contribution is -0.137. The molecule has 1 aromatic carbocycles. The summed E-state index contributed by atoms with van der Waals surface area (Å²) in [5, 5.41) is 13.2. The zero-order valence-electron chi connectivity index (χ0n) is 14.2. The number of likely N-dealkylation sites (tertiary alicyclic amines) is 1. The SMILES string of the molecule is O=C(O)CCC1CCCCN1C(=O)c1cnn(Cc2ccccc2)c1. The molecule has 1 aliphatic heterocycles. The van der Waals surface area contributed by atoms with Gasteiger partial charge in [-0.15, -0.1) is 0 Å². The number of carboxylic acids is 1. The third-order valence-electron chi connectivity index (χ3n) is 4.65. The number of aliphatic carboxylic acids is 1. The molecular weight excluding hydrogens is 318 g/mol. The van der Waals surface area contributed by atoms with Crippen LogP contribution in [0.5, 0.6) is 0 Å². The van der Waals surface area contributed by atoms with E-state index in [1.54, 1.807) is 17.1 Å². The summed E-state index contributed by atoms with van der Waals surface area (Å²) in [5.74, 6) is -0.858. The molecule has 132 valence electrons. The number of carbonyl (C=O) groups excluding carboxylic acids is 1. The molecule has 3 rings (SSSR count). The molecule has 0 aliphatic carbocycles. The van der Waals surface area contributed by atoms with Crippen molar-refractivity contribution in [3.8, 4) is 0 Å². The molecule has 0 saturated carbocycles. The molecule has 25 heavy (non-hydrogen) atoms. The van der Waals surface area contributed by atoms with Crippen molar-refractivity contribution < 1.29 is 14.7 Å². The number of hydrogen-bond donors (Lipinski definition) is 1. The number of rotatable bonds is 6. The molecule has 1 atom stereocenters. The maximum absolute atomic E-state index is 12.8. The first kappa shape index (κ1) is 17.2. The van der Waals surface area contributed by atoms with Crippen molar-refractivity contribution in [2.75, 3.05) is 6.54 Å². The first-order valence-electron chi connectivity index (χ1n) is 8.72. The highest BCUT2D eigenvalue weighted by molar-refractivity contribution is 5.94. The lowest BCUT2D eigenvalue weighted by Gasteiger charge is -2.35. The first-order valence-corrected chi connectivity index (χ1v) is 8.72. The lowest BCUT2D eigenvalue weighted by atomic mass is 9.97. The van der Waals surface area contributed by atoms with Crippen LogP contribution in [0.15, 0.2) is 42.7 Å². The van der Waals surface area contributed by atoms with Gasteiger partial charge in [-0.25, -0.2) is 0 Å². The summed E-state index contributed by atoms with van der Waals surface area (Å²) in [7, 11) is 0. The number of piperidine rings is 1. The summed E-state index contributed by atoms with van der Waals surface area (Å²) in [4.78, 5) is 25.5. The second-order valence-corrected chi connectivity index (χ2v) is 6.49. The number of carbonyl (C=O) groups is 2. The highest BCUT2D eigenvalue weighted by Crippen LogP contribution is 2.23. The molecule has 1 unspecified atom stereocenters. The fraction of sp³-hybridized carbons (Fsp3) is 0.421. The third-order valence-corrected chi connectivity index (χ3v) is 4.65. The van der Waals surface area contributed by atoms with Crippen molar-refractivity contribution in [3.63, 3.8) is 0 Å². The van der Waals surface area contributed by atoms with E-state index in [-0.39, 0.29) is 18.4 Å². The first-order chi connectivity index (χ1) is 12.1. The van der Waals surface area contributed by atoms with Gasteiger partial charge < -0.3 is 10.0 Å². The number of hydrogen-bond acceptors (Lipinski definition) is 3. The largest absolute Gasteiger partial charge is 0.481 e. The van der Waals surface area contributed by atoms with E-state index in [0.717, 1.165) is 24.8 Å². The minimum atomic E-state index is -0.811. The monoisotopic (exact) mass is 341 g/mol. The van der Waals surface area contributed by atoms with Crippen molar-refractivity contribution in [3.05, 3.63) is 53.9 Å². The van der Waals surface area contributed by atoms with Gasteiger partial charge in [-0.1, -0.05) is 30.3 Å². The maximum atomic E-state index is 12.8. The van der Waals surface area contributed by atoms with Crippen LogP contribution < -0.4 is 0 Å². The molecule has 0 spiro atoms. The third kappa shape index (κ3) is 4.47. The number of amides is 1. The van der Waals surface area contributed by atoms with Crippen molar-refractivity contribution in [1.29, 1.82) is 0 Å². The summed E-state index contributed by atoms with van der Waals surface area (Å²) in [6.45, 7) is 1.31. The number of benzene rings is 1. The molecular formula is C19H23N3O3. The standard InChI is InChI=1S/C19H23N3O3/c23-18(24)10-9-17-8-4-5-11-22(17)19(25)16-12-20-21(14-16)13-15-6-2-1-3-7-15/h1-3,6-7,12,14,17H,4-5,8-11,13H2,(H,23,24). The Labute approximate surface area is 147 Å². The van der Waals surface area contributed by atoms with Gasteiger partial charge in [-0.3, -0.25) is 14.3 Å². The van der Waals surface area contributed by atoms with Crippen molar-refractivity contribution in [2.45, 2.75) is 44.7 Å². The normalized spacial score (nSPS) is 17.4. The van der Waals surface area contributed by atoms with Crippen LogP contribution in [-0.2, 0) is 11.3 Å². The van der Waals surface area contributed by atoms with Gasteiger partial charge in [0, 0.05) is 25.2 Å². The van der Waals surface area contributed by atoms with Crippen LogP contribution in [0.1, 0.15) is 48.0 Å². The maximum Gasteiger partial charge on any atom is 0.303 e. The highest BCUT2D eigenvalue weighted by Gasteiger charge is 2.28. The Kier molecular flexibility index (Phi) is 5.48. The van der Waals surface area contributed by atoms with Crippen molar-refractivity contribution in [2.24, 2.45) is 0 Å². The van der Waals surface area contributed by atoms with Crippen LogP contribution in [-0.4, -0.2) is 44.3 Å². The van der Waals surface area contributed by atoms with Gasteiger partial charge in [-0.05, 0) is 31.2 Å². The minimum Gasteiger partial charge on any atom is -0.481 e. The van der Waals surface area contributed by atoms with E-state index in [2.05, 4.69) is 5.10 Å². The van der Waals surface area contributed by atoms with E-state index in [9.17, 15) is 9.59 Å². The van der Waals surface area contributed by atoms with Crippen LogP contribution in [0.4, 0.5) is 0 Å². The molecule has 1 aromatic heterocycles. The Bertz CT molecular complexity index is 727. The smallest absolute Gasteiger partial charge is 0.303 e. The van der Waals surface area contributed by atoms with Crippen LogP contribution >= 0.6 is 0 Å². The van der Waals surface area contributed by atoms with Gasteiger partial charge in [0.2, 0.25) is 0 Å². The second kappa shape index (κ2) is 7.96. The van der Waals surface area contributed by atoms with E-state index in [0.29, 0.717) is 25.1 Å². The van der Waals surface area contributed by atoms with E-state index in [1.807, 2.05) is 35.2 Å². The minimum absolute atomic E-state index is 0.00910. The molecule has 1 saturated heterocycles. The van der Waals surface area contributed by atoms with Crippen LogP contribution in [0, 0.1) is 0 Å². The second-order valence-electron chi connectivity index (χ2n) is 6.49. The summed E-state index contributed by atoms with van der Waals surface area (Å²) < 4.78 is 1.76. The predicted molar refractivity (Wildman–Crippen MR) is 93.3 cm³/mol. The number of aromatic nitrogens is 2. The topological polar surface area (TPSA) is 75.4 Å². The number of nitrogens with zero attached hydrogens (tertiary/aromatic N) is 3. The van der Waals surface area contributed by atoms with E-state index < -0.39 is 5.97 Å². The number of carboxylic acid groups (broad SMARTS) is 1. The Morgan fingerprint density at radius 2 is 2.00 bits per heavy atom. The highest BCUT2D eigenvalue weighted by atomic mass is 16.4. The molecule has 1 aliphatic rings. The molecule has 0 radical (unpaired) electrons. The molecule has 6 heteroatoms. The van der Waals surface area contributed by atoms with Gasteiger partial charge in [-0.2, -0.15) is 5.10 Å². The van der Waals surface area contributed by atoms with E-state index >= 15 is 0 Å². The Morgan fingerprint density at radius 1 is 1.20 bits per heavy atom. The van der Waals surface area contributed by atoms with Crippen molar-refractivity contribution >= 4 is 11.9 Å². The lowest BCUT2D eigenvalue weighted by Crippen LogP contribution is -2.43. The van der Waals surface area contributed by atoms with Gasteiger partial charge >= 0.3 is 5.97 Å². The molecule has 6 nitrogen and oxygen atoms in total. The average Bonchev–Trinajstić information content (AvgIpc) is 3.09. The molecule has 0 bridgehead atoms. The molecule has 1 N–H and O–H groups in total. The van der Waals surface area contributed by atoms with E-state index in [1.165, 1.54) is 0 Å². The zero-order valence-corrected chi connectivity index (χ0v) is 14.2. The summed E-state index contributed by atoms with van der Waals surface area (Å²) in [6, 6.07) is 9.98. The summed E-state index contributed by atoms with van der Waals surface area (Å²) >= 11 is 0. The van der Waals surface area contributed by atoms with Gasteiger partial charge in [0.15, 0.2) is 0 Å². The molecule has 1 fully saturated rings. The molecule has 1 amide bonds. The van der Waals surface area contributed by atoms with Gasteiger partial charge in [0.25, 0.3) is 5.91 Å². The molecule has 2 aromatic rings. The summed E-state index contributed by atoms with van der Waals surface area (Å²) in [6.07, 6.45) is 6.87. The van der Waals surface area contributed by atoms with Gasteiger partial charge in [0.05, 0.1) is 18.3 Å². The van der Waals surface area contributed by atoms with Crippen LogP contribution in [0.3, 0.4) is 0 Å². The Balaban J connectivity index is 1.68. The summed E-state index contributed by atoms with van der Waals surface area (Å²) in [5.41, 5.74) is 1.69. The Hall–Kier alpha value is -2.63. The molecule has 2 heterocycles. The van der Waals surface area contributed by atoms with E-state index in [4.69, 9.17) is 5.11 Å². The average molecular weight is 341 g/mol. The zero-order chi connectivity index (χ0) is 17.6. The van der Waals surface area contributed by atoms with Crippen LogP contribution in [0.2, 0.25) is 0 Å². The van der Waals surface area contributed by atoms with Gasteiger partial charge in [0.1, 0.15) is 0 Å². The predicted octanol–water partition coefficient (Wildman–Crippen LogP) is 2.79. The van der Waals surface area contributed by atoms with Crippen LogP contribution in [0.25, 0.3) is 0 Å². The Morgan fingerprint density at radius 3 is 2.76 bits per heavy atom. The fourth-order valence-corrected chi connectivity index (χ4v) is 3.35. The van der Waals surface area contributed by atoms with Crippen molar-refractivity contribution in [1.82, 2.24) is 14.7 Å². The quantitative estimate of drug-likeness (QED) is 0.876.